The van der Waals surface area contributed by atoms with Gasteiger partial charge in [-0.05, 0) is 31.0 Å². The second-order valence-corrected chi connectivity index (χ2v) is 6.73. The number of benzene rings is 1. The van der Waals surface area contributed by atoms with E-state index in [9.17, 15) is 9.90 Å². The van der Waals surface area contributed by atoms with Crippen molar-refractivity contribution in [1.29, 1.82) is 0 Å². The molecule has 1 fully saturated rings. The third kappa shape index (κ3) is 6.87. The molecule has 1 atom stereocenters. The summed E-state index contributed by atoms with van der Waals surface area (Å²) in [5.41, 5.74) is 0.136. The molecule has 1 unspecified atom stereocenters. The monoisotopic (exact) mass is 340 g/mol. The maximum atomic E-state index is 11.9. The summed E-state index contributed by atoms with van der Waals surface area (Å²) in [5, 5.41) is 13.9. The van der Waals surface area contributed by atoms with Crippen molar-refractivity contribution >= 4 is 17.5 Å². The van der Waals surface area contributed by atoms with Crippen LogP contribution in [0.1, 0.15) is 18.9 Å². The largest absolute Gasteiger partial charge is 0.387 e. The Balaban J connectivity index is 1.68. The van der Waals surface area contributed by atoms with Gasteiger partial charge in [-0.2, -0.15) is 0 Å². The molecule has 2 N–H and O–H groups in total. The molecule has 1 aromatic carbocycles. The lowest BCUT2D eigenvalue weighted by Gasteiger charge is -2.33. The van der Waals surface area contributed by atoms with Crippen molar-refractivity contribution in [2.45, 2.75) is 25.4 Å². The van der Waals surface area contributed by atoms with Crippen molar-refractivity contribution in [2.24, 2.45) is 0 Å². The van der Waals surface area contributed by atoms with Gasteiger partial charge in [-0.25, -0.2) is 0 Å². The van der Waals surface area contributed by atoms with Gasteiger partial charge in [0.2, 0.25) is 5.91 Å². The lowest BCUT2D eigenvalue weighted by atomic mass is 10.1. The SMILES string of the molecule is CC(O)(CNC(=O)CCc1ccc(Cl)cc1)CN1CCOCC1. The van der Waals surface area contributed by atoms with E-state index in [0.717, 1.165) is 18.7 Å². The van der Waals surface area contributed by atoms with Gasteiger partial charge in [0.05, 0.1) is 18.8 Å². The number of ether oxygens (including phenoxy) is 1. The minimum atomic E-state index is -0.937. The molecule has 2 rings (SSSR count). The summed E-state index contributed by atoms with van der Waals surface area (Å²) in [4.78, 5) is 14.1. The van der Waals surface area contributed by atoms with Gasteiger partial charge in [0.25, 0.3) is 0 Å². The molecule has 1 amide bonds. The number of halogens is 1. The van der Waals surface area contributed by atoms with Crippen LogP contribution in [0.3, 0.4) is 0 Å². The first-order valence-electron chi connectivity index (χ1n) is 7.98. The van der Waals surface area contributed by atoms with E-state index in [2.05, 4.69) is 10.2 Å². The number of hydrogen-bond acceptors (Lipinski definition) is 4. The van der Waals surface area contributed by atoms with Crippen LogP contribution in [0.4, 0.5) is 0 Å². The summed E-state index contributed by atoms with van der Waals surface area (Å²) in [5.74, 6) is -0.0535. The van der Waals surface area contributed by atoms with Crippen molar-refractivity contribution in [3.63, 3.8) is 0 Å². The average molecular weight is 341 g/mol. The molecule has 6 heteroatoms. The summed E-state index contributed by atoms with van der Waals surface area (Å²) in [6.07, 6.45) is 1.06. The van der Waals surface area contributed by atoms with Crippen LogP contribution in [0.25, 0.3) is 0 Å². The van der Waals surface area contributed by atoms with Crippen molar-refractivity contribution in [1.82, 2.24) is 10.2 Å². The van der Waals surface area contributed by atoms with Crippen LogP contribution >= 0.6 is 11.6 Å². The third-order valence-corrected chi connectivity index (χ3v) is 4.14. The van der Waals surface area contributed by atoms with Gasteiger partial charge in [0.1, 0.15) is 0 Å². The molecule has 1 heterocycles. The molecule has 1 aliphatic rings. The normalized spacial score (nSPS) is 18.4. The zero-order chi connectivity index (χ0) is 16.7. The molecule has 1 aliphatic heterocycles. The van der Waals surface area contributed by atoms with Crippen LogP contribution in [0.5, 0.6) is 0 Å². The van der Waals surface area contributed by atoms with E-state index in [0.29, 0.717) is 37.6 Å². The first kappa shape index (κ1) is 18.2. The van der Waals surface area contributed by atoms with E-state index in [1.165, 1.54) is 0 Å². The third-order valence-electron chi connectivity index (χ3n) is 3.89. The molecular weight excluding hydrogens is 316 g/mol. The summed E-state index contributed by atoms with van der Waals surface area (Å²) >= 11 is 5.84. The highest BCUT2D eigenvalue weighted by atomic mass is 35.5. The Morgan fingerprint density at radius 2 is 2.00 bits per heavy atom. The summed E-state index contributed by atoms with van der Waals surface area (Å²) in [7, 11) is 0. The highest BCUT2D eigenvalue weighted by Gasteiger charge is 2.25. The molecular formula is C17H25ClN2O3. The van der Waals surface area contributed by atoms with Gasteiger partial charge in [0, 0.05) is 37.6 Å². The van der Waals surface area contributed by atoms with Gasteiger partial charge in [-0.15, -0.1) is 0 Å². The highest BCUT2D eigenvalue weighted by molar-refractivity contribution is 6.30. The molecule has 0 spiro atoms. The van der Waals surface area contributed by atoms with Gasteiger partial charge >= 0.3 is 0 Å². The average Bonchev–Trinajstić information content (AvgIpc) is 2.53. The van der Waals surface area contributed by atoms with E-state index >= 15 is 0 Å². The number of hydrogen-bond donors (Lipinski definition) is 2. The molecule has 1 saturated heterocycles. The molecule has 0 radical (unpaired) electrons. The Bertz CT molecular complexity index is 499. The van der Waals surface area contributed by atoms with Crippen LogP contribution < -0.4 is 5.32 Å². The van der Waals surface area contributed by atoms with Crippen LogP contribution in [0.2, 0.25) is 5.02 Å². The zero-order valence-corrected chi connectivity index (χ0v) is 14.3. The first-order valence-corrected chi connectivity index (χ1v) is 8.36. The Kier molecular flexibility index (Phi) is 6.84. The van der Waals surface area contributed by atoms with Crippen LogP contribution in [-0.2, 0) is 16.0 Å². The molecule has 23 heavy (non-hydrogen) atoms. The fourth-order valence-corrected chi connectivity index (χ4v) is 2.71. The van der Waals surface area contributed by atoms with E-state index in [1.54, 1.807) is 6.92 Å². The number of morpholine rings is 1. The number of nitrogens with one attached hydrogen (secondary N) is 1. The number of rotatable bonds is 7. The lowest BCUT2D eigenvalue weighted by Crippen LogP contribution is -2.51. The summed E-state index contributed by atoms with van der Waals surface area (Å²) in [6, 6.07) is 7.48. The van der Waals surface area contributed by atoms with Crippen molar-refractivity contribution in [3.8, 4) is 0 Å². The standard InChI is InChI=1S/C17H25ClN2O3/c1-17(22,13-20-8-10-23-11-9-20)12-19-16(21)7-4-14-2-5-15(18)6-3-14/h2-3,5-6,22H,4,7-13H2,1H3,(H,19,21). The number of amides is 1. The van der Waals surface area contributed by atoms with E-state index < -0.39 is 5.60 Å². The maximum Gasteiger partial charge on any atom is 0.220 e. The lowest BCUT2D eigenvalue weighted by molar-refractivity contribution is -0.122. The van der Waals surface area contributed by atoms with E-state index in [4.69, 9.17) is 16.3 Å². The molecule has 128 valence electrons. The topological polar surface area (TPSA) is 61.8 Å². The minimum Gasteiger partial charge on any atom is -0.387 e. The molecule has 0 bridgehead atoms. The van der Waals surface area contributed by atoms with E-state index in [-0.39, 0.29) is 12.5 Å². The Labute approximate surface area is 142 Å². The number of β-amino-alcohol motifs (C(OH)–C–C–N with tert-alkyl or cyclic N) is 1. The minimum absolute atomic E-state index is 0.0535. The number of aliphatic hydroxyl groups is 1. The predicted octanol–water partition coefficient (Wildman–Crippen LogP) is 1.47. The fraction of sp³-hybridized carbons (Fsp3) is 0.588. The van der Waals surface area contributed by atoms with E-state index in [1.807, 2.05) is 24.3 Å². The predicted molar refractivity (Wildman–Crippen MR) is 90.7 cm³/mol. The highest BCUT2D eigenvalue weighted by Crippen LogP contribution is 2.11. The van der Waals surface area contributed by atoms with Crippen molar-refractivity contribution in [3.05, 3.63) is 34.9 Å². The van der Waals surface area contributed by atoms with Crippen LogP contribution in [-0.4, -0.2) is 60.9 Å². The fourth-order valence-electron chi connectivity index (χ4n) is 2.58. The summed E-state index contributed by atoms with van der Waals surface area (Å²) in [6.45, 7) is 5.58. The molecule has 0 aromatic heterocycles. The van der Waals surface area contributed by atoms with Gasteiger partial charge in [-0.3, -0.25) is 9.69 Å². The molecule has 0 saturated carbocycles. The van der Waals surface area contributed by atoms with Crippen LogP contribution in [0, 0.1) is 0 Å². The quantitative estimate of drug-likeness (QED) is 0.789. The number of carbonyl (C=O) groups excluding carboxylic acids is 1. The van der Waals surface area contributed by atoms with Crippen LogP contribution in [0.15, 0.2) is 24.3 Å². The summed E-state index contributed by atoms with van der Waals surface area (Å²) < 4.78 is 5.29. The Morgan fingerprint density at radius 1 is 1.35 bits per heavy atom. The Hall–Kier alpha value is -1.14. The number of carbonyl (C=O) groups is 1. The van der Waals surface area contributed by atoms with Crippen molar-refractivity contribution in [2.75, 3.05) is 39.4 Å². The second-order valence-electron chi connectivity index (χ2n) is 6.29. The zero-order valence-electron chi connectivity index (χ0n) is 13.6. The first-order chi connectivity index (χ1) is 10.9. The smallest absolute Gasteiger partial charge is 0.220 e. The van der Waals surface area contributed by atoms with Gasteiger partial charge in [-0.1, -0.05) is 23.7 Å². The second kappa shape index (κ2) is 8.64. The van der Waals surface area contributed by atoms with Gasteiger partial charge in [0.15, 0.2) is 0 Å². The maximum absolute atomic E-state index is 11.9. The molecule has 5 nitrogen and oxygen atoms in total. The van der Waals surface area contributed by atoms with Gasteiger partial charge < -0.3 is 15.2 Å². The molecule has 0 aliphatic carbocycles. The number of nitrogens with zero attached hydrogens (tertiary/aromatic N) is 1. The number of aryl methyl sites for hydroxylation is 1. The Morgan fingerprint density at radius 3 is 2.65 bits per heavy atom. The molecule has 1 aromatic rings. The van der Waals surface area contributed by atoms with Crippen molar-refractivity contribution < 1.29 is 14.6 Å².